The fourth-order valence-corrected chi connectivity index (χ4v) is 2.05. The Morgan fingerprint density at radius 1 is 1.53 bits per heavy atom. The highest BCUT2D eigenvalue weighted by molar-refractivity contribution is 6.42. The number of nitrogens with zero attached hydrogens (tertiary/aromatic N) is 2. The van der Waals surface area contributed by atoms with E-state index in [0.29, 0.717) is 6.42 Å². The van der Waals surface area contributed by atoms with Crippen molar-refractivity contribution in [1.82, 2.24) is 15.3 Å². The molecule has 2 heterocycles. The van der Waals surface area contributed by atoms with Crippen LogP contribution in [0.5, 0.6) is 0 Å². The SMILES string of the molecule is O=C(CC1CCCN1)Nc1ncnc(Cl)c1Cl. The molecule has 1 fully saturated rings. The van der Waals surface area contributed by atoms with Crippen molar-refractivity contribution in [3.05, 3.63) is 16.5 Å². The smallest absolute Gasteiger partial charge is 0.227 e. The number of carbonyl (C=O) groups is 1. The number of hydrogen-bond acceptors (Lipinski definition) is 4. The molecular formula is C10H12Cl2N4O. The van der Waals surface area contributed by atoms with Gasteiger partial charge in [-0.15, -0.1) is 0 Å². The minimum atomic E-state index is -0.124. The van der Waals surface area contributed by atoms with E-state index in [-0.39, 0.29) is 27.9 Å². The van der Waals surface area contributed by atoms with Gasteiger partial charge in [-0.05, 0) is 19.4 Å². The predicted octanol–water partition coefficient (Wildman–Crippen LogP) is 1.86. The quantitative estimate of drug-likeness (QED) is 0.826. The van der Waals surface area contributed by atoms with Gasteiger partial charge in [-0.2, -0.15) is 0 Å². The van der Waals surface area contributed by atoms with Crippen LogP contribution in [0.2, 0.25) is 10.2 Å². The summed E-state index contributed by atoms with van der Waals surface area (Å²) in [5, 5.41) is 6.18. The van der Waals surface area contributed by atoms with Crippen LogP contribution in [0.1, 0.15) is 19.3 Å². The molecule has 1 atom stereocenters. The molecule has 1 aromatic heterocycles. The Bertz CT molecular complexity index is 421. The van der Waals surface area contributed by atoms with E-state index < -0.39 is 0 Å². The molecule has 5 nitrogen and oxygen atoms in total. The highest BCUT2D eigenvalue weighted by Gasteiger charge is 2.18. The summed E-state index contributed by atoms with van der Waals surface area (Å²) >= 11 is 11.6. The fraction of sp³-hybridized carbons (Fsp3) is 0.500. The van der Waals surface area contributed by atoms with Gasteiger partial charge >= 0.3 is 0 Å². The van der Waals surface area contributed by atoms with Crippen LogP contribution in [0.3, 0.4) is 0 Å². The number of rotatable bonds is 3. The third-order valence-electron chi connectivity index (χ3n) is 2.60. The average molecular weight is 275 g/mol. The maximum absolute atomic E-state index is 11.7. The number of nitrogens with one attached hydrogen (secondary N) is 2. The third kappa shape index (κ3) is 3.28. The van der Waals surface area contributed by atoms with Crippen molar-refractivity contribution >= 4 is 34.9 Å². The largest absolute Gasteiger partial charge is 0.313 e. The summed E-state index contributed by atoms with van der Waals surface area (Å²) in [5.41, 5.74) is 0. The fourth-order valence-electron chi connectivity index (χ4n) is 1.77. The summed E-state index contributed by atoms with van der Waals surface area (Å²) in [6, 6.07) is 0.242. The second-order valence-corrected chi connectivity index (χ2v) is 4.61. The van der Waals surface area contributed by atoms with Crippen LogP contribution in [0.15, 0.2) is 6.33 Å². The Labute approximate surface area is 109 Å². The lowest BCUT2D eigenvalue weighted by molar-refractivity contribution is -0.116. The maximum atomic E-state index is 11.7. The highest BCUT2D eigenvalue weighted by Crippen LogP contribution is 2.25. The van der Waals surface area contributed by atoms with E-state index in [1.165, 1.54) is 6.33 Å². The van der Waals surface area contributed by atoms with Gasteiger partial charge in [0.25, 0.3) is 0 Å². The van der Waals surface area contributed by atoms with Gasteiger partial charge < -0.3 is 10.6 Å². The molecule has 1 aliphatic heterocycles. The number of aromatic nitrogens is 2. The van der Waals surface area contributed by atoms with Crippen molar-refractivity contribution in [2.45, 2.75) is 25.3 Å². The minimum absolute atomic E-state index is 0.124. The molecule has 0 saturated carbocycles. The van der Waals surface area contributed by atoms with Crippen LogP contribution in [0.25, 0.3) is 0 Å². The highest BCUT2D eigenvalue weighted by atomic mass is 35.5. The molecular weight excluding hydrogens is 263 g/mol. The van der Waals surface area contributed by atoms with E-state index >= 15 is 0 Å². The summed E-state index contributed by atoms with van der Waals surface area (Å²) in [4.78, 5) is 19.3. The Hall–Kier alpha value is -0.910. The predicted molar refractivity (Wildman–Crippen MR) is 66.3 cm³/mol. The number of hydrogen-bond donors (Lipinski definition) is 2. The van der Waals surface area contributed by atoms with Crippen LogP contribution in [0, 0.1) is 0 Å². The third-order valence-corrected chi connectivity index (χ3v) is 3.34. The zero-order valence-electron chi connectivity index (χ0n) is 9.04. The summed E-state index contributed by atoms with van der Waals surface area (Å²) in [5.74, 6) is 0.135. The standard InChI is InChI=1S/C10H12Cl2N4O/c11-8-9(12)14-5-15-10(8)16-7(17)4-6-2-1-3-13-6/h5-6,13H,1-4H2,(H,14,15,16,17). The van der Waals surface area contributed by atoms with E-state index in [0.717, 1.165) is 19.4 Å². The van der Waals surface area contributed by atoms with E-state index in [9.17, 15) is 4.79 Å². The molecule has 17 heavy (non-hydrogen) atoms. The molecule has 2 rings (SSSR count). The van der Waals surface area contributed by atoms with Crippen molar-refractivity contribution < 1.29 is 4.79 Å². The van der Waals surface area contributed by atoms with E-state index in [2.05, 4.69) is 20.6 Å². The van der Waals surface area contributed by atoms with Gasteiger partial charge in [-0.3, -0.25) is 4.79 Å². The molecule has 92 valence electrons. The molecule has 2 N–H and O–H groups in total. The van der Waals surface area contributed by atoms with E-state index in [1.807, 2.05) is 0 Å². The first-order valence-electron chi connectivity index (χ1n) is 5.36. The Kier molecular flexibility index (Phi) is 4.15. The minimum Gasteiger partial charge on any atom is -0.313 e. The lowest BCUT2D eigenvalue weighted by Crippen LogP contribution is -2.27. The molecule has 1 amide bonds. The summed E-state index contributed by atoms with van der Waals surface area (Å²) in [6.07, 6.45) is 3.80. The van der Waals surface area contributed by atoms with Crippen LogP contribution >= 0.6 is 23.2 Å². The second-order valence-electron chi connectivity index (χ2n) is 3.87. The Balaban J connectivity index is 1.95. The second kappa shape index (κ2) is 5.62. The van der Waals surface area contributed by atoms with Gasteiger partial charge in [0, 0.05) is 12.5 Å². The molecule has 1 saturated heterocycles. The number of halogens is 2. The van der Waals surface area contributed by atoms with Gasteiger partial charge in [0.2, 0.25) is 5.91 Å². The summed E-state index contributed by atoms with van der Waals surface area (Å²) in [6.45, 7) is 0.970. The normalized spacial score (nSPS) is 19.3. The monoisotopic (exact) mass is 274 g/mol. The summed E-state index contributed by atoms with van der Waals surface area (Å²) < 4.78 is 0. The molecule has 0 aliphatic carbocycles. The molecule has 0 spiro atoms. The van der Waals surface area contributed by atoms with Crippen molar-refractivity contribution in [3.63, 3.8) is 0 Å². The number of anilines is 1. The first kappa shape index (κ1) is 12.5. The molecule has 0 radical (unpaired) electrons. The average Bonchev–Trinajstić information content (AvgIpc) is 2.77. The molecule has 1 unspecified atom stereocenters. The zero-order valence-corrected chi connectivity index (χ0v) is 10.6. The molecule has 0 aromatic carbocycles. The first-order valence-corrected chi connectivity index (χ1v) is 6.11. The van der Waals surface area contributed by atoms with Crippen molar-refractivity contribution in [1.29, 1.82) is 0 Å². The van der Waals surface area contributed by atoms with Gasteiger partial charge in [-0.1, -0.05) is 23.2 Å². The Morgan fingerprint density at radius 3 is 3.06 bits per heavy atom. The van der Waals surface area contributed by atoms with Crippen LogP contribution in [-0.4, -0.2) is 28.5 Å². The van der Waals surface area contributed by atoms with Crippen molar-refractivity contribution in [2.75, 3.05) is 11.9 Å². The van der Waals surface area contributed by atoms with Crippen LogP contribution < -0.4 is 10.6 Å². The van der Waals surface area contributed by atoms with E-state index in [1.54, 1.807) is 0 Å². The topological polar surface area (TPSA) is 66.9 Å². The Morgan fingerprint density at radius 2 is 2.35 bits per heavy atom. The van der Waals surface area contributed by atoms with Gasteiger partial charge in [0.15, 0.2) is 11.0 Å². The number of amides is 1. The molecule has 0 bridgehead atoms. The maximum Gasteiger partial charge on any atom is 0.227 e. The van der Waals surface area contributed by atoms with Crippen molar-refractivity contribution in [2.24, 2.45) is 0 Å². The van der Waals surface area contributed by atoms with Gasteiger partial charge in [-0.25, -0.2) is 9.97 Å². The zero-order chi connectivity index (χ0) is 12.3. The van der Waals surface area contributed by atoms with E-state index in [4.69, 9.17) is 23.2 Å². The van der Waals surface area contributed by atoms with Crippen LogP contribution in [-0.2, 0) is 4.79 Å². The van der Waals surface area contributed by atoms with Gasteiger partial charge in [0.05, 0.1) is 0 Å². The molecule has 7 heteroatoms. The van der Waals surface area contributed by atoms with Crippen LogP contribution in [0.4, 0.5) is 5.82 Å². The molecule has 1 aliphatic rings. The number of carbonyl (C=O) groups excluding carboxylic acids is 1. The lowest BCUT2D eigenvalue weighted by atomic mass is 10.1. The lowest BCUT2D eigenvalue weighted by Gasteiger charge is -2.10. The first-order chi connectivity index (χ1) is 8.16. The summed E-state index contributed by atoms with van der Waals surface area (Å²) in [7, 11) is 0. The van der Waals surface area contributed by atoms with Crippen molar-refractivity contribution in [3.8, 4) is 0 Å². The van der Waals surface area contributed by atoms with Gasteiger partial charge in [0.1, 0.15) is 11.3 Å². The molecule has 1 aromatic rings.